The van der Waals surface area contributed by atoms with Crippen molar-refractivity contribution < 1.29 is 0 Å². The Morgan fingerprint density at radius 2 is 1.86 bits per heavy atom. The third-order valence-corrected chi connectivity index (χ3v) is 6.10. The number of fused-ring (bicyclic) bond motifs is 2. The van der Waals surface area contributed by atoms with Crippen LogP contribution in [0.2, 0.25) is 0 Å². The Hall–Kier alpha value is -1.31. The topological polar surface area (TPSA) is 0 Å². The van der Waals surface area contributed by atoms with Crippen LogP contribution < -0.4 is 0 Å². The zero-order chi connectivity index (χ0) is 14.2. The van der Waals surface area contributed by atoms with E-state index in [-0.39, 0.29) is 5.38 Å². The molecule has 3 aromatic rings. The zero-order valence-corrected chi connectivity index (χ0v) is 13.3. The van der Waals surface area contributed by atoms with Gasteiger partial charge in [-0.15, -0.1) is 22.9 Å². The molecule has 1 aromatic heterocycles. The molecule has 1 aliphatic carbocycles. The first kappa shape index (κ1) is 13.4. The number of thiophene rings is 1. The monoisotopic (exact) mass is 312 g/mol. The highest BCUT2D eigenvalue weighted by molar-refractivity contribution is 7.17. The van der Waals surface area contributed by atoms with Crippen LogP contribution in [0.3, 0.4) is 0 Å². The van der Waals surface area contributed by atoms with E-state index in [2.05, 4.69) is 53.9 Å². The van der Waals surface area contributed by atoms with Crippen LogP contribution in [0.1, 0.15) is 40.8 Å². The van der Waals surface area contributed by atoms with Crippen molar-refractivity contribution in [3.63, 3.8) is 0 Å². The van der Waals surface area contributed by atoms with E-state index in [1.54, 1.807) is 11.3 Å². The average molecular weight is 313 g/mol. The maximum absolute atomic E-state index is 6.94. The summed E-state index contributed by atoms with van der Waals surface area (Å²) in [6.07, 6.45) is 3.63. The minimum atomic E-state index is 0.0719. The summed E-state index contributed by atoms with van der Waals surface area (Å²) in [6.45, 7) is 0. The summed E-state index contributed by atoms with van der Waals surface area (Å²) >= 11 is 8.74. The standard InChI is InChI=1S/C19H17ClS/c20-19(17-12-21-18-11-4-3-9-15(17)18)16-10-5-7-13-6-1-2-8-14(13)16/h1-4,6,8-9,11-12,16,19H,5,7,10H2. The van der Waals surface area contributed by atoms with Crippen molar-refractivity contribution >= 4 is 33.0 Å². The SMILES string of the molecule is ClC(c1csc2ccccc12)C1CCCc2ccccc21. The van der Waals surface area contributed by atoms with Gasteiger partial charge in [-0.1, -0.05) is 42.5 Å². The molecule has 0 N–H and O–H groups in total. The molecular formula is C19H17ClS. The Kier molecular flexibility index (Phi) is 3.48. The highest BCUT2D eigenvalue weighted by Gasteiger charge is 2.28. The maximum Gasteiger partial charge on any atom is 0.0668 e. The fourth-order valence-electron chi connectivity index (χ4n) is 3.52. The first-order valence-corrected chi connectivity index (χ1v) is 8.84. The molecule has 0 spiro atoms. The molecule has 0 fully saturated rings. The summed E-state index contributed by atoms with van der Waals surface area (Å²) in [4.78, 5) is 0. The molecule has 0 radical (unpaired) electrons. The summed E-state index contributed by atoms with van der Waals surface area (Å²) in [7, 11) is 0. The van der Waals surface area contributed by atoms with Crippen LogP contribution in [0.5, 0.6) is 0 Å². The molecule has 0 amide bonds. The molecule has 0 bridgehead atoms. The lowest BCUT2D eigenvalue weighted by atomic mass is 9.79. The number of aryl methyl sites for hydroxylation is 1. The second kappa shape index (κ2) is 5.47. The van der Waals surface area contributed by atoms with Gasteiger partial charge in [-0.25, -0.2) is 0 Å². The quantitative estimate of drug-likeness (QED) is 0.487. The Morgan fingerprint density at radius 3 is 2.81 bits per heavy atom. The second-order valence-corrected chi connectivity index (χ2v) is 7.17. The van der Waals surface area contributed by atoms with Gasteiger partial charge in [0.1, 0.15) is 0 Å². The van der Waals surface area contributed by atoms with E-state index in [4.69, 9.17) is 11.6 Å². The molecule has 2 unspecified atom stereocenters. The molecule has 4 rings (SSSR count). The third kappa shape index (κ3) is 2.29. The summed E-state index contributed by atoms with van der Waals surface area (Å²) < 4.78 is 1.34. The highest BCUT2D eigenvalue weighted by atomic mass is 35.5. The van der Waals surface area contributed by atoms with Crippen LogP contribution in [0.4, 0.5) is 0 Å². The van der Waals surface area contributed by atoms with E-state index in [9.17, 15) is 0 Å². The van der Waals surface area contributed by atoms with E-state index in [1.165, 1.54) is 46.0 Å². The predicted octanol–water partition coefficient (Wildman–Crippen LogP) is 6.30. The molecule has 2 atom stereocenters. The predicted molar refractivity (Wildman–Crippen MR) is 92.5 cm³/mol. The molecule has 0 saturated carbocycles. The Morgan fingerprint density at radius 1 is 1.05 bits per heavy atom. The highest BCUT2D eigenvalue weighted by Crippen LogP contribution is 2.46. The van der Waals surface area contributed by atoms with Gasteiger partial charge in [0, 0.05) is 10.6 Å². The number of rotatable bonds is 2. The van der Waals surface area contributed by atoms with Gasteiger partial charge in [0.2, 0.25) is 0 Å². The van der Waals surface area contributed by atoms with E-state index in [0.29, 0.717) is 5.92 Å². The number of benzene rings is 2. The molecule has 21 heavy (non-hydrogen) atoms. The molecule has 106 valence electrons. The normalized spacial score (nSPS) is 19.4. The van der Waals surface area contributed by atoms with Crippen LogP contribution >= 0.6 is 22.9 Å². The number of alkyl halides is 1. The fraction of sp³-hybridized carbons (Fsp3) is 0.263. The van der Waals surface area contributed by atoms with Gasteiger partial charge < -0.3 is 0 Å². The molecule has 0 aliphatic heterocycles. The molecule has 0 nitrogen and oxygen atoms in total. The van der Waals surface area contributed by atoms with Gasteiger partial charge in [0.25, 0.3) is 0 Å². The first-order chi connectivity index (χ1) is 10.3. The number of hydrogen-bond donors (Lipinski definition) is 0. The van der Waals surface area contributed by atoms with Gasteiger partial charge >= 0.3 is 0 Å². The van der Waals surface area contributed by atoms with Crippen molar-refractivity contribution in [2.24, 2.45) is 0 Å². The van der Waals surface area contributed by atoms with Crippen molar-refractivity contribution in [3.8, 4) is 0 Å². The molecule has 1 aliphatic rings. The van der Waals surface area contributed by atoms with Crippen molar-refractivity contribution in [3.05, 3.63) is 70.6 Å². The number of halogens is 1. The maximum atomic E-state index is 6.94. The third-order valence-electron chi connectivity index (χ3n) is 4.58. The molecule has 2 heteroatoms. The minimum Gasteiger partial charge on any atom is -0.143 e. The van der Waals surface area contributed by atoms with Crippen LogP contribution in [0.25, 0.3) is 10.1 Å². The molecule has 2 aromatic carbocycles. The lowest BCUT2D eigenvalue weighted by Gasteiger charge is -2.29. The molecular weight excluding hydrogens is 296 g/mol. The van der Waals surface area contributed by atoms with E-state index >= 15 is 0 Å². The van der Waals surface area contributed by atoms with Crippen molar-refractivity contribution in [2.75, 3.05) is 0 Å². The van der Waals surface area contributed by atoms with E-state index in [1.807, 2.05) is 0 Å². The lowest BCUT2D eigenvalue weighted by Crippen LogP contribution is -2.14. The van der Waals surface area contributed by atoms with E-state index < -0.39 is 0 Å². The largest absolute Gasteiger partial charge is 0.143 e. The smallest absolute Gasteiger partial charge is 0.0668 e. The summed E-state index contributed by atoms with van der Waals surface area (Å²) in [5.41, 5.74) is 4.25. The molecule has 0 saturated heterocycles. The van der Waals surface area contributed by atoms with Crippen LogP contribution in [-0.4, -0.2) is 0 Å². The van der Waals surface area contributed by atoms with E-state index in [0.717, 1.165) is 0 Å². The van der Waals surface area contributed by atoms with Gasteiger partial charge in [0.15, 0.2) is 0 Å². The Bertz CT molecular complexity index is 774. The van der Waals surface area contributed by atoms with Crippen molar-refractivity contribution in [2.45, 2.75) is 30.6 Å². The van der Waals surface area contributed by atoms with Crippen molar-refractivity contribution in [1.29, 1.82) is 0 Å². The van der Waals surface area contributed by atoms with Crippen LogP contribution in [0.15, 0.2) is 53.9 Å². The lowest BCUT2D eigenvalue weighted by molar-refractivity contribution is 0.540. The summed E-state index contributed by atoms with van der Waals surface area (Å²) in [6, 6.07) is 17.4. The Labute approximate surface area is 134 Å². The average Bonchev–Trinajstić information content (AvgIpc) is 2.98. The van der Waals surface area contributed by atoms with Crippen LogP contribution in [0, 0.1) is 0 Å². The minimum absolute atomic E-state index is 0.0719. The van der Waals surface area contributed by atoms with Gasteiger partial charge in [0.05, 0.1) is 5.38 Å². The molecule has 1 heterocycles. The van der Waals surface area contributed by atoms with Gasteiger partial charge in [-0.05, 0) is 52.8 Å². The first-order valence-electron chi connectivity index (χ1n) is 7.52. The van der Waals surface area contributed by atoms with Crippen LogP contribution in [-0.2, 0) is 6.42 Å². The summed E-state index contributed by atoms with van der Waals surface area (Å²) in [5.74, 6) is 0.439. The Balaban J connectivity index is 1.77. The fourth-order valence-corrected chi connectivity index (χ4v) is 5.04. The second-order valence-electron chi connectivity index (χ2n) is 5.79. The van der Waals surface area contributed by atoms with Gasteiger partial charge in [-0.3, -0.25) is 0 Å². The number of hydrogen-bond acceptors (Lipinski definition) is 1. The summed E-state index contributed by atoms with van der Waals surface area (Å²) in [5, 5.41) is 3.65. The zero-order valence-electron chi connectivity index (χ0n) is 11.8. The van der Waals surface area contributed by atoms with Crippen molar-refractivity contribution in [1.82, 2.24) is 0 Å². The van der Waals surface area contributed by atoms with Gasteiger partial charge in [-0.2, -0.15) is 0 Å².